The number of aromatic amines is 3. The molecule has 0 radical (unpaired) electrons. The Morgan fingerprint density at radius 2 is 0.677 bits per heavy atom. The molecule has 0 aromatic carbocycles. The van der Waals surface area contributed by atoms with Gasteiger partial charge in [0.25, 0.3) is 11.1 Å². The van der Waals surface area contributed by atoms with Gasteiger partial charge in [-0.05, 0) is 19.3 Å². The number of H-pyrrole nitrogens is 3. The molecule has 8 heterocycles. The average molecular weight is 1950 g/mol. The maximum Gasteiger partial charge on any atom is 0.335 e. The molecule has 0 amide bonds. The van der Waals surface area contributed by atoms with Crippen molar-refractivity contribution in [1.82, 2.24) is 19.5 Å². The molecular formula is C78H119ClF2N4O48. The van der Waals surface area contributed by atoms with Crippen molar-refractivity contribution in [2.45, 2.75) is 207 Å². The molecule has 0 bridgehead atoms. The van der Waals surface area contributed by atoms with Gasteiger partial charge >= 0.3 is 77.0 Å². The first-order chi connectivity index (χ1) is 62.8. The Kier molecular flexibility index (Phi) is 52.5. The summed E-state index contributed by atoms with van der Waals surface area (Å²) in [6.07, 6.45) is -28.5. The molecule has 0 spiro atoms. The standard InChI is InChI=1S/C26H37FN2O15.C22H36O14.C20H34O12.C4H3FN2O2.C4H6O3.C2H3ClO2/c1-5-11-17(31)19(33)14(42-20(11)24(35)39-3)10-41-8-12-18(32)22(15(9-38-2)43-21(12)25(36)40-4)44-16(30)7-29-6-13(27)23(34)28-26(29)37;1-5-10-15(25)17(27)12(34-18(10)21(28)31-3)9-33-7-11-16(26)20(36-14(24)6-23)13(8-30-2)35-19(11)22(29)32-4;1-5-9-13(21)16(24)12(32-17(9)19(25)28-3)8-30-6-10-14(22)15(23)11(7-27-2)31-18(10)20(26)29-4;5-2-1-6-4(9)7-3(2)8;1-3(5)7-4(2)6;3-1-2(4)5/h6,11-12,14-15,17-22,31-33H,5,7-10H2,1-4H3,(H,28,34,37);10-13,15-20,23,25-27H,5-9H2,1-4H3;9-18,21-24H,5-8H2,1-4H3;1H,(H2,6,7,8,9);1-2H3;1H2,(H,4,5)/t11?,12?,14-,15+,17+,18+,19?,20?,21?,22?;10?,11?,12-,13+,15+,16+,17?,18?,19?,20?;9?,10?,11-,12+,13-,14-,15?,16?,17?,18?;;;/m001.../s1. The van der Waals surface area contributed by atoms with Gasteiger partial charge in [0.15, 0.2) is 48.8 Å². The number of aromatic nitrogens is 4. The minimum absolute atomic E-state index is 0.0488. The Morgan fingerprint density at radius 3 is 0.947 bits per heavy atom. The monoisotopic (exact) mass is 1950 g/mol. The summed E-state index contributed by atoms with van der Waals surface area (Å²) in [5.41, 5.74) is -4.07. The fourth-order valence-electron chi connectivity index (χ4n) is 14.4. The second-order valence-electron chi connectivity index (χ2n) is 29.8. The predicted octanol–water partition coefficient (Wildman–Crippen LogP) is -8.76. The molecule has 18 unspecified atom stereocenters. The van der Waals surface area contributed by atoms with Crippen LogP contribution in [0, 0.1) is 47.1 Å². The molecule has 30 atom stereocenters. The van der Waals surface area contributed by atoms with Crippen LogP contribution in [0.3, 0.4) is 0 Å². The number of hydrogen-bond donors (Lipinski definition) is 15. The van der Waals surface area contributed by atoms with Crippen LogP contribution in [-0.2, 0) is 159 Å². The van der Waals surface area contributed by atoms with Gasteiger partial charge in [-0.1, -0.05) is 20.8 Å². The van der Waals surface area contributed by atoms with Crippen molar-refractivity contribution < 1.29 is 222 Å². The topological polar surface area (TPSA) is 745 Å². The first-order valence-electron chi connectivity index (χ1n) is 40.7. The van der Waals surface area contributed by atoms with Crippen LogP contribution >= 0.6 is 11.6 Å². The molecular weight excluding hydrogens is 1830 g/mol. The van der Waals surface area contributed by atoms with Crippen molar-refractivity contribution in [3.05, 3.63) is 65.7 Å². The number of carboxylic acids is 1. The zero-order valence-electron chi connectivity index (χ0n) is 74.7. The summed E-state index contributed by atoms with van der Waals surface area (Å²) in [6, 6.07) is 0. The van der Waals surface area contributed by atoms with Crippen molar-refractivity contribution in [1.29, 1.82) is 0 Å². The SMILES string of the molecule is CC(=O)OC(C)=O.CCC1C(C(=O)OC)O[C@@H](COCC2C(C(=O)OC)O[C@H](COC)C(O)[C@@H]2O)C(O)[C@@H]1O.CCC1C(C(=O)OC)O[C@@H](COCC2C(C(=O)OC)O[C@H](COC)C(OC(=O)CO)[C@@H]2O)C(O)[C@@H]1O.CCC1C(C(=O)OC)O[C@@H](COCC2C(C(=O)OC)O[C@H](COC)C(OC(=O)Cn3cc(F)c(=O)[nH]c3=O)[C@@H]2O)C(O)[C@@H]1O.O=C(O)CCl.O=c1[nH]cc(F)c(=O)[nH]1. The van der Waals surface area contributed by atoms with Gasteiger partial charge in [0.2, 0.25) is 11.6 Å². The molecule has 8 rings (SSSR count). The maximum absolute atomic E-state index is 13.7. The number of halogens is 3. The van der Waals surface area contributed by atoms with E-state index < -0.39 is 308 Å². The number of hydrogen-bond acceptors (Lipinski definition) is 47. The Bertz CT molecular complexity index is 4230. The van der Waals surface area contributed by atoms with E-state index in [1.807, 2.05) is 4.98 Å². The van der Waals surface area contributed by atoms with Gasteiger partial charge in [0.05, 0.1) is 133 Å². The summed E-state index contributed by atoms with van der Waals surface area (Å²) in [5.74, 6) is -16.9. The lowest BCUT2D eigenvalue weighted by Gasteiger charge is -2.43. The van der Waals surface area contributed by atoms with E-state index in [0.717, 1.165) is 28.4 Å². The molecule has 6 saturated heterocycles. The van der Waals surface area contributed by atoms with Gasteiger partial charge in [-0.25, -0.2) is 43.2 Å². The smallest absolute Gasteiger partial charge is 0.335 e. The lowest BCUT2D eigenvalue weighted by molar-refractivity contribution is -0.243. The van der Waals surface area contributed by atoms with Crippen molar-refractivity contribution in [3.8, 4) is 0 Å². The van der Waals surface area contributed by atoms with E-state index >= 15 is 0 Å². The number of carboxylic acid groups (broad SMARTS) is 1. The number of aliphatic carboxylic acids is 1. The number of aliphatic hydroxyl groups excluding tert-OH is 11. The molecule has 133 heavy (non-hydrogen) atoms. The molecule has 52 nitrogen and oxygen atoms in total. The zero-order chi connectivity index (χ0) is 101. The van der Waals surface area contributed by atoms with Gasteiger partial charge in [0.1, 0.15) is 92.3 Å². The van der Waals surface area contributed by atoms with Crippen LogP contribution in [0.4, 0.5) is 8.78 Å². The summed E-state index contributed by atoms with van der Waals surface area (Å²) in [5, 5.41) is 123. The minimum Gasteiger partial charge on any atom is -0.480 e. The Balaban J connectivity index is 0.000000465. The van der Waals surface area contributed by atoms with Crippen LogP contribution in [0.25, 0.3) is 0 Å². The second-order valence-corrected chi connectivity index (χ2v) is 30.0. The van der Waals surface area contributed by atoms with E-state index in [2.05, 4.69) is 4.74 Å². The van der Waals surface area contributed by atoms with Crippen LogP contribution < -0.4 is 22.5 Å². The van der Waals surface area contributed by atoms with Crippen LogP contribution in [-0.4, -0.2) is 429 Å². The Labute approximate surface area is 760 Å². The molecule has 6 aliphatic heterocycles. The van der Waals surface area contributed by atoms with Crippen molar-refractivity contribution >= 4 is 77.3 Å². The van der Waals surface area contributed by atoms with Crippen LogP contribution in [0.5, 0.6) is 0 Å². The Hall–Kier alpha value is -9.04. The summed E-state index contributed by atoms with van der Waals surface area (Å²) in [6.45, 7) is 3.21. The zero-order valence-corrected chi connectivity index (χ0v) is 75.5. The first-order valence-corrected chi connectivity index (χ1v) is 41.2. The van der Waals surface area contributed by atoms with Crippen molar-refractivity contribution in [3.63, 3.8) is 0 Å². The summed E-state index contributed by atoms with van der Waals surface area (Å²) >= 11 is 4.74. The van der Waals surface area contributed by atoms with Crippen LogP contribution in [0.15, 0.2) is 31.6 Å². The number of ether oxygens (including phenoxy) is 21. The van der Waals surface area contributed by atoms with E-state index in [0.29, 0.717) is 36.2 Å². The number of aliphatic hydroxyl groups is 11. The van der Waals surface area contributed by atoms with E-state index in [1.165, 1.54) is 49.4 Å². The van der Waals surface area contributed by atoms with Crippen LogP contribution in [0.2, 0.25) is 0 Å². The molecule has 6 fully saturated rings. The summed E-state index contributed by atoms with van der Waals surface area (Å²) in [4.78, 5) is 176. The van der Waals surface area contributed by atoms with Gasteiger partial charge in [-0.3, -0.25) is 43.3 Å². The number of nitrogens with zero attached hydrogens (tertiary/aromatic N) is 1. The molecule has 2 aromatic rings. The summed E-state index contributed by atoms with van der Waals surface area (Å²) in [7, 11) is 10.9. The van der Waals surface area contributed by atoms with Gasteiger partial charge < -0.3 is 166 Å². The van der Waals surface area contributed by atoms with Gasteiger partial charge in [-0.15, -0.1) is 11.6 Å². The maximum atomic E-state index is 13.7. The third-order valence-electron chi connectivity index (χ3n) is 21.1. The number of alkyl halides is 1. The third kappa shape index (κ3) is 34.3. The van der Waals surface area contributed by atoms with Gasteiger partial charge in [-0.2, -0.15) is 8.78 Å². The molecule has 760 valence electrons. The molecule has 6 aliphatic rings. The molecule has 55 heteroatoms. The van der Waals surface area contributed by atoms with Crippen molar-refractivity contribution in [2.75, 3.05) is 136 Å². The Morgan fingerprint density at radius 1 is 0.398 bits per heavy atom. The lowest BCUT2D eigenvalue weighted by Crippen LogP contribution is -2.61. The number of rotatable bonds is 33. The highest BCUT2D eigenvalue weighted by Crippen LogP contribution is 2.37. The number of nitrogens with one attached hydrogen (secondary N) is 3. The van der Waals surface area contributed by atoms with Crippen LogP contribution in [0.1, 0.15) is 53.9 Å². The van der Waals surface area contributed by atoms with E-state index in [1.54, 1.807) is 30.7 Å². The second kappa shape index (κ2) is 59.1. The van der Waals surface area contributed by atoms with E-state index in [4.69, 9.17) is 117 Å². The fraction of sp³-hybridized carbons (Fsp3) is 0.756. The summed E-state index contributed by atoms with van der Waals surface area (Å²) < 4.78 is 135. The molecule has 0 saturated carbocycles. The number of carbonyl (C=O) groups excluding carboxylic acids is 10. The molecule has 2 aromatic heterocycles. The third-order valence-corrected chi connectivity index (χ3v) is 21.3. The first kappa shape index (κ1) is 118. The fourth-order valence-corrected chi connectivity index (χ4v) is 14.4. The predicted molar refractivity (Wildman–Crippen MR) is 431 cm³/mol. The highest BCUT2D eigenvalue weighted by molar-refractivity contribution is 6.26. The number of carbonyl (C=O) groups is 11. The molecule has 0 aliphatic carbocycles. The highest BCUT2D eigenvalue weighted by atomic mass is 35.5. The van der Waals surface area contributed by atoms with Gasteiger partial charge in [0, 0.05) is 76.9 Å². The average Bonchev–Trinajstić information content (AvgIpc) is 0.792. The normalized spacial score (nSPS) is 31.5. The highest BCUT2D eigenvalue weighted by Gasteiger charge is 2.56. The number of methoxy groups -OCH3 is 9. The molecule has 15 N–H and O–H groups in total. The lowest BCUT2D eigenvalue weighted by atomic mass is 9.84. The minimum atomic E-state index is -1.66. The van der Waals surface area contributed by atoms with Crippen molar-refractivity contribution in [2.24, 2.45) is 35.5 Å². The number of esters is 10. The largest absolute Gasteiger partial charge is 0.480 e. The van der Waals surface area contributed by atoms with E-state index in [-0.39, 0.29) is 52.1 Å². The van der Waals surface area contributed by atoms with E-state index in [9.17, 15) is 132 Å². The quantitative estimate of drug-likeness (QED) is 0.0137.